The Morgan fingerprint density at radius 3 is 2.52 bits per heavy atom. The molecule has 1 aromatic carbocycles. The summed E-state index contributed by atoms with van der Waals surface area (Å²) in [4.78, 5) is 14.2. The highest BCUT2D eigenvalue weighted by atomic mass is 19.4. The minimum atomic E-state index is -4.73. The number of amides is 1. The first-order valence-electron chi connectivity index (χ1n) is 7.74. The van der Waals surface area contributed by atoms with E-state index in [9.17, 15) is 18.0 Å². The summed E-state index contributed by atoms with van der Waals surface area (Å²) in [5.74, 6) is -0.636. The van der Waals surface area contributed by atoms with E-state index >= 15 is 0 Å². The second-order valence-corrected chi connectivity index (χ2v) is 6.20. The van der Waals surface area contributed by atoms with Crippen LogP contribution >= 0.6 is 0 Å². The van der Waals surface area contributed by atoms with Crippen LogP contribution in [0.2, 0.25) is 0 Å². The topological polar surface area (TPSA) is 55.6 Å². The second-order valence-electron chi connectivity index (χ2n) is 6.20. The average molecular weight is 328 g/mol. The fourth-order valence-electron chi connectivity index (χ4n) is 3.17. The highest BCUT2D eigenvalue weighted by molar-refractivity contribution is 5.83. The number of nitrogens with two attached hydrogens (primary N) is 1. The lowest BCUT2D eigenvalue weighted by Gasteiger charge is -2.30. The Hall–Kier alpha value is -1.76. The molecule has 1 amide bonds. The normalized spacial score (nSPS) is 25.3. The van der Waals surface area contributed by atoms with Gasteiger partial charge in [-0.05, 0) is 36.8 Å². The highest BCUT2D eigenvalue weighted by Gasteiger charge is 2.48. The van der Waals surface area contributed by atoms with Crippen molar-refractivity contribution < 1.29 is 22.7 Å². The first-order chi connectivity index (χ1) is 10.8. The zero-order valence-corrected chi connectivity index (χ0v) is 12.6. The van der Waals surface area contributed by atoms with Crippen LogP contribution in [0.25, 0.3) is 0 Å². The molecular weight excluding hydrogens is 309 g/mol. The molecule has 3 rings (SSSR count). The Bertz CT molecular complexity index is 583. The van der Waals surface area contributed by atoms with Gasteiger partial charge in [0.05, 0.1) is 0 Å². The monoisotopic (exact) mass is 328 g/mol. The summed E-state index contributed by atoms with van der Waals surface area (Å²) < 4.78 is 41.5. The molecule has 126 valence electrons. The zero-order chi connectivity index (χ0) is 16.6. The van der Waals surface area contributed by atoms with Gasteiger partial charge in [-0.3, -0.25) is 4.79 Å². The number of nitrogens with zero attached hydrogens (tertiary/aromatic N) is 1. The molecule has 1 aromatic rings. The lowest BCUT2D eigenvalue weighted by atomic mass is 10.0. The fourth-order valence-corrected chi connectivity index (χ4v) is 3.17. The Morgan fingerprint density at radius 1 is 1.22 bits per heavy atom. The van der Waals surface area contributed by atoms with Crippen molar-refractivity contribution in [2.45, 2.75) is 37.6 Å². The molecule has 1 saturated heterocycles. The van der Waals surface area contributed by atoms with Crippen LogP contribution in [0.5, 0.6) is 5.75 Å². The number of ether oxygens (including phenoxy) is 1. The summed E-state index contributed by atoms with van der Waals surface area (Å²) in [5, 5.41) is 0. The van der Waals surface area contributed by atoms with Crippen LogP contribution in [-0.2, 0) is 4.79 Å². The average Bonchev–Trinajstić information content (AvgIpc) is 3.26. The smallest absolute Gasteiger partial charge is 0.405 e. The number of carbonyl (C=O) groups excluding carboxylic acids is 1. The van der Waals surface area contributed by atoms with E-state index in [1.807, 2.05) is 0 Å². The van der Waals surface area contributed by atoms with Crippen LogP contribution in [0.4, 0.5) is 13.2 Å². The first-order valence-corrected chi connectivity index (χ1v) is 7.74. The van der Waals surface area contributed by atoms with E-state index in [-0.39, 0.29) is 29.5 Å². The lowest BCUT2D eigenvalue weighted by Crippen LogP contribution is -2.43. The molecule has 2 aliphatic rings. The maximum atomic E-state index is 12.5. The third-order valence-electron chi connectivity index (χ3n) is 4.50. The van der Waals surface area contributed by atoms with Crippen molar-refractivity contribution in [2.75, 3.05) is 13.1 Å². The van der Waals surface area contributed by atoms with E-state index in [0.29, 0.717) is 25.1 Å². The van der Waals surface area contributed by atoms with Gasteiger partial charge in [0.25, 0.3) is 0 Å². The minimum Gasteiger partial charge on any atom is -0.405 e. The molecule has 0 aromatic heterocycles. The van der Waals surface area contributed by atoms with E-state index in [1.54, 1.807) is 17.0 Å². The van der Waals surface area contributed by atoms with Crippen molar-refractivity contribution in [1.82, 2.24) is 4.90 Å². The summed E-state index contributed by atoms with van der Waals surface area (Å²) in [7, 11) is 0. The SMILES string of the molecule is NC1CCN(C(=O)[C@@H]2C[C@@H]2c2ccccc2OC(F)(F)F)CC1. The van der Waals surface area contributed by atoms with Gasteiger partial charge in [-0.2, -0.15) is 0 Å². The molecule has 1 aliphatic carbocycles. The third-order valence-corrected chi connectivity index (χ3v) is 4.50. The lowest BCUT2D eigenvalue weighted by molar-refractivity contribution is -0.274. The Balaban J connectivity index is 1.67. The van der Waals surface area contributed by atoms with Gasteiger partial charge in [0.2, 0.25) is 5.91 Å². The largest absolute Gasteiger partial charge is 0.573 e. The number of carbonyl (C=O) groups is 1. The molecule has 0 radical (unpaired) electrons. The molecule has 1 aliphatic heterocycles. The van der Waals surface area contributed by atoms with Crippen LogP contribution in [0, 0.1) is 5.92 Å². The number of alkyl halides is 3. The van der Waals surface area contributed by atoms with Crippen LogP contribution in [0.3, 0.4) is 0 Å². The van der Waals surface area contributed by atoms with Gasteiger partial charge in [0.15, 0.2) is 0 Å². The molecule has 2 N–H and O–H groups in total. The standard InChI is InChI=1S/C16H19F3N2O2/c17-16(18,19)23-14-4-2-1-3-11(14)12-9-13(12)15(22)21-7-5-10(20)6-8-21/h1-4,10,12-13H,5-9,20H2/t12-,13-/m1/s1. The zero-order valence-electron chi connectivity index (χ0n) is 12.6. The predicted molar refractivity (Wildman–Crippen MR) is 77.8 cm³/mol. The van der Waals surface area contributed by atoms with Crippen molar-refractivity contribution in [1.29, 1.82) is 0 Å². The van der Waals surface area contributed by atoms with Gasteiger partial charge in [-0.15, -0.1) is 13.2 Å². The van der Waals surface area contributed by atoms with Crippen LogP contribution in [0.15, 0.2) is 24.3 Å². The number of para-hydroxylation sites is 1. The van der Waals surface area contributed by atoms with Gasteiger partial charge in [-0.1, -0.05) is 18.2 Å². The van der Waals surface area contributed by atoms with Crippen LogP contribution < -0.4 is 10.5 Å². The van der Waals surface area contributed by atoms with Gasteiger partial charge in [0.1, 0.15) is 5.75 Å². The second kappa shape index (κ2) is 6.03. The molecule has 2 fully saturated rings. The Morgan fingerprint density at radius 2 is 1.87 bits per heavy atom. The number of hydrogen-bond donors (Lipinski definition) is 1. The number of hydrogen-bond acceptors (Lipinski definition) is 3. The van der Waals surface area contributed by atoms with E-state index in [4.69, 9.17) is 5.73 Å². The maximum absolute atomic E-state index is 12.5. The van der Waals surface area contributed by atoms with Crippen LogP contribution in [-0.4, -0.2) is 36.3 Å². The summed E-state index contributed by atoms with van der Waals surface area (Å²) >= 11 is 0. The van der Waals surface area contributed by atoms with Crippen molar-refractivity contribution in [3.05, 3.63) is 29.8 Å². The maximum Gasteiger partial charge on any atom is 0.573 e. The molecule has 0 unspecified atom stereocenters. The third kappa shape index (κ3) is 3.77. The fraction of sp³-hybridized carbons (Fsp3) is 0.562. The Labute approximate surface area is 132 Å². The minimum absolute atomic E-state index is 0.0173. The van der Waals surface area contributed by atoms with E-state index in [2.05, 4.69) is 4.74 Å². The number of rotatable bonds is 3. The van der Waals surface area contributed by atoms with Gasteiger partial charge >= 0.3 is 6.36 Å². The van der Waals surface area contributed by atoms with Crippen molar-refractivity contribution in [3.8, 4) is 5.75 Å². The molecule has 0 spiro atoms. The van der Waals surface area contributed by atoms with Gasteiger partial charge < -0.3 is 15.4 Å². The van der Waals surface area contributed by atoms with Crippen molar-refractivity contribution in [2.24, 2.45) is 11.7 Å². The number of halogens is 3. The summed E-state index contributed by atoms with van der Waals surface area (Å²) in [6.07, 6.45) is -2.61. The molecule has 7 heteroatoms. The first kappa shape index (κ1) is 16.1. The molecular formula is C16H19F3N2O2. The molecule has 1 heterocycles. The van der Waals surface area contributed by atoms with Crippen molar-refractivity contribution >= 4 is 5.91 Å². The highest BCUT2D eigenvalue weighted by Crippen LogP contribution is 2.51. The summed E-state index contributed by atoms with van der Waals surface area (Å²) in [6, 6.07) is 6.19. The van der Waals surface area contributed by atoms with E-state index < -0.39 is 6.36 Å². The van der Waals surface area contributed by atoms with E-state index in [1.165, 1.54) is 12.1 Å². The molecule has 0 bridgehead atoms. The molecule has 1 saturated carbocycles. The van der Waals surface area contributed by atoms with Crippen LogP contribution in [0.1, 0.15) is 30.7 Å². The van der Waals surface area contributed by atoms with E-state index in [0.717, 1.165) is 12.8 Å². The molecule has 4 nitrogen and oxygen atoms in total. The van der Waals surface area contributed by atoms with Gasteiger partial charge in [0, 0.05) is 25.0 Å². The summed E-state index contributed by atoms with van der Waals surface area (Å²) in [6.45, 7) is 1.26. The number of likely N-dealkylation sites (tertiary alicyclic amines) is 1. The Kier molecular flexibility index (Phi) is 4.23. The molecule has 2 atom stereocenters. The van der Waals surface area contributed by atoms with Gasteiger partial charge in [-0.25, -0.2) is 0 Å². The number of piperidine rings is 1. The molecule has 23 heavy (non-hydrogen) atoms. The predicted octanol–water partition coefficient (Wildman–Crippen LogP) is 2.64. The number of benzene rings is 1. The quantitative estimate of drug-likeness (QED) is 0.928. The summed E-state index contributed by atoms with van der Waals surface area (Å²) in [5.41, 5.74) is 6.28. The van der Waals surface area contributed by atoms with Crippen molar-refractivity contribution in [3.63, 3.8) is 0 Å².